The van der Waals surface area contributed by atoms with Gasteiger partial charge in [0.05, 0.1) is 18.8 Å². The van der Waals surface area contributed by atoms with E-state index in [-0.39, 0.29) is 12.2 Å². The lowest BCUT2D eigenvalue weighted by Gasteiger charge is -2.15. The molecule has 2 N–H and O–H groups in total. The van der Waals surface area contributed by atoms with Crippen LogP contribution in [0.4, 0.5) is 4.39 Å². The molecule has 0 unspecified atom stereocenters. The molecule has 19 heavy (non-hydrogen) atoms. The van der Waals surface area contributed by atoms with Crippen molar-refractivity contribution < 1.29 is 23.8 Å². The molecule has 0 bridgehead atoms. The molecule has 0 radical (unpaired) electrons. The molecule has 1 aromatic rings. The average molecular weight is 269 g/mol. The van der Waals surface area contributed by atoms with Crippen LogP contribution in [0.15, 0.2) is 24.3 Å². The Morgan fingerprint density at radius 3 is 2.68 bits per heavy atom. The molecule has 1 amide bonds. The lowest BCUT2D eigenvalue weighted by Crippen LogP contribution is -2.44. The number of benzene rings is 1. The number of esters is 1. The first kappa shape index (κ1) is 15.1. The summed E-state index contributed by atoms with van der Waals surface area (Å²) in [6.45, 7) is 1.41. The van der Waals surface area contributed by atoms with Gasteiger partial charge in [-0.25, -0.2) is 9.18 Å². The van der Waals surface area contributed by atoms with E-state index < -0.39 is 30.3 Å². The summed E-state index contributed by atoms with van der Waals surface area (Å²) in [5.41, 5.74) is -0.191. The molecular weight excluding hydrogens is 253 g/mol. The highest BCUT2D eigenvalue weighted by atomic mass is 19.1. The van der Waals surface area contributed by atoms with Crippen LogP contribution in [-0.2, 0) is 9.53 Å². The molecule has 0 aliphatic heterocycles. The largest absolute Gasteiger partial charge is 0.464 e. The number of hydrogen-bond donors (Lipinski definition) is 2. The molecule has 0 heterocycles. The van der Waals surface area contributed by atoms with Crippen LogP contribution in [0.2, 0.25) is 0 Å². The lowest BCUT2D eigenvalue weighted by molar-refractivity contribution is -0.146. The van der Waals surface area contributed by atoms with E-state index in [0.717, 1.165) is 6.07 Å². The van der Waals surface area contributed by atoms with Crippen LogP contribution in [0, 0.1) is 5.82 Å². The third kappa shape index (κ3) is 4.33. The fourth-order valence-corrected chi connectivity index (χ4v) is 1.36. The number of aliphatic hydroxyl groups excluding tert-OH is 1. The highest BCUT2D eigenvalue weighted by Gasteiger charge is 2.23. The summed E-state index contributed by atoms with van der Waals surface area (Å²) in [6.07, 6.45) is 0.630. The van der Waals surface area contributed by atoms with Crippen LogP contribution in [0.1, 0.15) is 23.7 Å². The van der Waals surface area contributed by atoms with E-state index in [1.165, 1.54) is 18.2 Å². The molecule has 0 saturated heterocycles. The van der Waals surface area contributed by atoms with Crippen molar-refractivity contribution in [1.82, 2.24) is 5.32 Å². The van der Waals surface area contributed by atoms with Crippen molar-refractivity contribution in [3.8, 4) is 0 Å². The first-order valence-electron chi connectivity index (χ1n) is 5.93. The van der Waals surface area contributed by atoms with Gasteiger partial charge in [0.2, 0.25) is 0 Å². The number of hydrogen-bond acceptors (Lipinski definition) is 4. The molecule has 0 aliphatic carbocycles. The summed E-state index contributed by atoms with van der Waals surface area (Å²) < 4.78 is 18.2. The third-order valence-electron chi connectivity index (χ3n) is 2.34. The van der Waals surface area contributed by atoms with Crippen molar-refractivity contribution in [2.75, 3.05) is 13.2 Å². The number of carbonyl (C=O) groups is 2. The minimum Gasteiger partial charge on any atom is -0.464 e. The van der Waals surface area contributed by atoms with Crippen molar-refractivity contribution in [2.45, 2.75) is 19.4 Å². The fraction of sp³-hybridized carbons (Fsp3) is 0.385. The third-order valence-corrected chi connectivity index (χ3v) is 2.34. The predicted molar refractivity (Wildman–Crippen MR) is 66.0 cm³/mol. The van der Waals surface area contributed by atoms with Gasteiger partial charge in [0, 0.05) is 0 Å². The molecule has 1 aromatic carbocycles. The molecule has 1 rings (SSSR count). The highest BCUT2D eigenvalue weighted by molar-refractivity contribution is 5.97. The van der Waals surface area contributed by atoms with E-state index in [0.29, 0.717) is 6.42 Å². The van der Waals surface area contributed by atoms with Crippen molar-refractivity contribution in [3.63, 3.8) is 0 Å². The van der Waals surface area contributed by atoms with Crippen molar-refractivity contribution in [2.24, 2.45) is 0 Å². The van der Waals surface area contributed by atoms with Gasteiger partial charge in [-0.1, -0.05) is 19.1 Å². The van der Waals surface area contributed by atoms with Gasteiger partial charge >= 0.3 is 5.97 Å². The topological polar surface area (TPSA) is 75.6 Å². The van der Waals surface area contributed by atoms with E-state index in [4.69, 9.17) is 9.84 Å². The van der Waals surface area contributed by atoms with Gasteiger partial charge in [-0.05, 0) is 18.6 Å². The van der Waals surface area contributed by atoms with Gasteiger partial charge in [0.15, 0.2) is 6.04 Å². The Morgan fingerprint density at radius 2 is 2.11 bits per heavy atom. The first-order valence-corrected chi connectivity index (χ1v) is 5.93. The van der Waals surface area contributed by atoms with Crippen LogP contribution < -0.4 is 5.32 Å². The van der Waals surface area contributed by atoms with Crippen LogP contribution in [0.5, 0.6) is 0 Å². The van der Waals surface area contributed by atoms with Crippen LogP contribution in [0.25, 0.3) is 0 Å². The molecule has 0 fully saturated rings. The zero-order valence-electron chi connectivity index (χ0n) is 10.6. The molecule has 0 aromatic heterocycles. The Kier molecular flexibility index (Phi) is 5.95. The average Bonchev–Trinajstić information content (AvgIpc) is 2.42. The molecule has 5 nitrogen and oxygen atoms in total. The zero-order chi connectivity index (χ0) is 14.3. The van der Waals surface area contributed by atoms with Crippen molar-refractivity contribution in [3.05, 3.63) is 35.6 Å². The van der Waals surface area contributed by atoms with E-state index in [9.17, 15) is 14.0 Å². The number of ether oxygens (including phenoxy) is 1. The Labute approximate surface area is 110 Å². The molecule has 104 valence electrons. The minimum absolute atomic E-state index is 0.191. The molecule has 6 heteroatoms. The summed E-state index contributed by atoms with van der Waals surface area (Å²) in [5, 5.41) is 11.3. The lowest BCUT2D eigenvalue weighted by atomic mass is 10.2. The summed E-state index contributed by atoms with van der Waals surface area (Å²) in [6, 6.07) is 4.18. The maximum atomic E-state index is 13.4. The summed E-state index contributed by atoms with van der Waals surface area (Å²) in [7, 11) is 0. The number of rotatable bonds is 6. The zero-order valence-corrected chi connectivity index (χ0v) is 10.6. The highest BCUT2D eigenvalue weighted by Crippen LogP contribution is 2.06. The van der Waals surface area contributed by atoms with E-state index in [2.05, 4.69) is 5.32 Å². The number of halogens is 1. The smallest absolute Gasteiger partial charge is 0.331 e. The molecule has 0 saturated carbocycles. The second-order valence-electron chi connectivity index (χ2n) is 3.86. The SMILES string of the molecule is CCCOC(=O)[C@H](CO)NC(=O)c1ccccc1F. The molecule has 1 atom stereocenters. The standard InChI is InChI=1S/C13H16FNO4/c1-2-7-19-13(18)11(8-16)15-12(17)9-5-3-4-6-10(9)14/h3-6,11,16H,2,7-8H2,1H3,(H,15,17)/t11-/m0/s1. The fourth-order valence-electron chi connectivity index (χ4n) is 1.36. The van der Waals surface area contributed by atoms with Crippen LogP contribution >= 0.6 is 0 Å². The number of carbonyl (C=O) groups excluding carboxylic acids is 2. The van der Waals surface area contributed by atoms with Gasteiger partial charge in [-0.2, -0.15) is 0 Å². The Balaban J connectivity index is 2.68. The Hall–Kier alpha value is -1.95. The number of amides is 1. The van der Waals surface area contributed by atoms with Gasteiger partial charge in [0.25, 0.3) is 5.91 Å². The Morgan fingerprint density at radius 1 is 1.42 bits per heavy atom. The summed E-state index contributed by atoms with van der Waals surface area (Å²) in [4.78, 5) is 23.2. The second kappa shape index (κ2) is 7.48. The van der Waals surface area contributed by atoms with Crippen LogP contribution in [0.3, 0.4) is 0 Å². The maximum absolute atomic E-state index is 13.4. The molecule has 0 aliphatic rings. The van der Waals surface area contributed by atoms with Gasteiger partial charge in [-0.15, -0.1) is 0 Å². The quantitative estimate of drug-likeness (QED) is 0.751. The minimum atomic E-state index is -1.20. The first-order chi connectivity index (χ1) is 9.10. The molecule has 0 spiro atoms. The van der Waals surface area contributed by atoms with Gasteiger partial charge in [-0.3, -0.25) is 4.79 Å². The number of nitrogens with one attached hydrogen (secondary N) is 1. The summed E-state index contributed by atoms with van der Waals surface area (Å²) >= 11 is 0. The monoisotopic (exact) mass is 269 g/mol. The van der Waals surface area contributed by atoms with Gasteiger partial charge in [0.1, 0.15) is 5.82 Å². The maximum Gasteiger partial charge on any atom is 0.331 e. The van der Waals surface area contributed by atoms with Crippen molar-refractivity contribution >= 4 is 11.9 Å². The van der Waals surface area contributed by atoms with Crippen molar-refractivity contribution in [1.29, 1.82) is 0 Å². The van der Waals surface area contributed by atoms with E-state index >= 15 is 0 Å². The molecular formula is C13H16FNO4. The van der Waals surface area contributed by atoms with Gasteiger partial charge < -0.3 is 15.2 Å². The predicted octanol–water partition coefficient (Wildman–Crippen LogP) is 0.870. The van der Waals surface area contributed by atoms with E-state index in [1.807, 2.05) is 6.92 Å². The van der Waals surface area contributed by atoms with Crippen LogP contribution in [-0.4, -0.2) is 36.2 Å². The van der Waals surface area contributed by atoms with E-state index in [1.54, 1.807) is 0 Å². The Bertz CT molecular complexity index is 450. The second-order valence-corrected chi connectivity index (χ2v) is 3.86. The normalized spacial score (nSPS) is 11.7. The summed E-state index contributed by atoms with van der Waals surface area (Å²) in [5.74, 6) is -2.21. The number of aliphatic hydroxyl groups is 1.